The quantitative estimate of drug-likeness (QED) is 0.823. The first-order chi connectivity index (χ1) is 11.1. The molecule has 3 heteroatoms. The van der Waals surface area contributed by atoms with Gasteiger partial charge in [0.05, 0.1) is 12.2 Å². The number of fused-ring (bicyclic) bond motifs is 1. The van der Waals surface area contributed by atoms with Crippen LogP contribution in [0.2, 0.25) is 0 Å². The van der Waals surface area contributed by atoms with Gasteiger partial charge in [-0.3, -0.25) is 4.90 Å². The van der Waals surface area contributed by atoms with E-state index in [4.69, 9.17) is 4.74 Å². The SMILES string of the molecule is CCCCN(C1CCCCC1)C1OC2CC(C)C(O)CC2C1C. The fraction of sp³-hybridized carbons (Fsp3) is 1.00. The maximum atomic E-state index is 10.3. The second kappa shape index (κ2) is 7.84. The molecule has 6 unspecified atom stereocenters. The number of hydrogen-bond acceptors (Lipinski definition) is 3. The molecule has 1 N–H and O–H groups in total. The summed E-state index contributed by atoms with van der Waals surface area (Å²) in [6, 6.07) is 0.727. The van der Waals surface area contributed by atoms with Gasteiger partial charge in [0.25, 0.3) is 0 Å². The average Bonchev–Trinajstić information content (AvgIpc) is 2.86. The predicted molar refractivity (Wildman–Crippen MR) is 94.2 cm³/mol. The van der Waals surface area contributed by atoms with Crippen LogP contribution in [0, 0.1) is 17.8 Å². The second-order valence-corrected chi connectivity index (χ2v) is 8.49. The Labute approximate surface area is 142 Å². The van der Waals surface area contributed by atoms with Gasteiger partial charge in [-0.25, -0.2) is 0 Å². The topological polar surface area (TPSA) is 32.7 Å². The van der Waals surface area contributed by atoms with E-state index >= 15 is 0 Å². The Kier molecular flexibility index (Phi) is 6.03. The molecule has 3 nitrogen and oxygen atoms in total. The highest BCUT2D eigenvalue weighted by Gasteiger charge is 2.49. The van der Waals surface area contributed by atoms with Crippen molar-refractivity contribution >= 4 is 0 Å². The predicted octanol–water partition coefficient (Wildman–Crippen LogP) is 4.19. The molecule has 23 heavy (non-hydrogen) atoms. The number of hydrogen-bond donors (Lipinski definition) is 1. The van der Waals surface area contributed by atoms with Crippen LogP contribution in [0.3, 0.4) is 0 Å². The Balaban J connectivity index is 1.71. The number of nitrogens with zero attached hydrogens (tertiary/aromatic N) is 1. The van der Waals surface area contributed by atoms with Crippen LogP contribution >= 0.6 is 0 Å². The van der Waals surface area contributed by atoms with Gasteiger partial charge in [-0.05, 0) is 43.9 Å². The lowest BCUT2D eigenvalue weighted by Crippen LogP contribution is -2.47. The summed E-state index contributed by atoms with van der Waals surface area (Å²) in [6.07, 6.45) is 11.9. The lowest BCUT2D eigenvalue weighted by molar-refractivity contribution is -0.103. The van der Waals surface area contributed by atoms with E-state index in [0.29, 0.717) is 23.9 Å². The number of aliphatic hydroxyl groups excluding tert-OH is 1. The van der Waals surface area contributed by atoms with Crippen LogP contribution in [0.5, 0.6) is 0 Å². The van der Waals surface area contributed by atoms with Gasteiger partial charge in [0.2, 0.25) is 0 Å². The Morgan fingerprint density at radius 1 is 1.09 bits per heavy atom. The molecular weight excluding hydrogens is 286 g/mol. The molecule has 3 aliphatic rings. The Morgan fingerprint density at radius 3 is 2.52 bits per heavy atom. The van der Waals surface area contributed by atoms with E-state index in [2.05, 4.69) is 25.7 Å². The minimum absolute atomic E-state index is 0.125. The van der Waals surface area contributed by atoms with Crippen LogP contribution in [0.4, 0.5) is 0 Å². The highest BCUT2D eigenvalue weighted by Crippen LogP contribution is 2.45. The summed E-state index contributed by atoms with van der Waals surface area (Å²) in [6.45, 7) is 8.03. The Morgan fingerprint density at radius 2 is 1.83 bits per heavy atom. The van der Waals surface area contributed by atoms with E-state index in [9.17, 15) is 5.11 Å². The lowest BCUT2D eigenvalue weighted by atomic mass is 9.74. The summed E-state index contributed by atoms with van der Waals surface area (Å²) in [4.78, 5) is 2.72. The summed E-state index contributed by atoms with van der Waals surface area (Å²) >= 11 is 0. The van der Waals surface area contributed by atoms with Crippen LogP contribution in [-0.4, -0.2) is 41.0 Å². The fourth-order valence-electron chi connectivity index (χ4n) is 5.24. The first-order valence-electron chi connectivity index (χ1n) is 10.2. The lowest BCUT2D eigenvalue weighted by Gasteiger charge is -2.40. The van der Waals surface area contributed by atoms with Crippen molar-refractivity contribution in [3.05, 3.63) is 0 Å². The minimum atomic E-state index is -0.125. The maximum absolute atomic E-state index is 10.3. The van der Waals surface area contributed by atoms with Crippen molar-refractivity contribution in [1.82, 2.24) is 4.90 Å². The molecule has 6 atom stereocenters. The molecule has 134 valence electrons. The molecule has 1 aliphatic heterocycles. The van der Waals surface area contributed by atoms with Crippen LogP contribution in [0.15, 0.2) is 0 Å². The van der Waals surface area contributed by atoms with Gasteiger partial charge in [0, 0.05) is 18.5 Å². The zero-order valence-electron chi connectivity index (χ0n) is 15.4. The zero-order chi connectivity index (χ0) is 16.4. The highest BCUT2D eigenvalue weighted by atomic mass is 16.5. The van der Waals surface area contributed by atoms with Crippen molar-refractivity contribution in [2.24, 2.45) is 17.8 Å². The highest BCUT2D eigenvalue weighted by molar-refractivity contribution is 4.96. The largest absolute Gasteiger partial charge is 0.393 e. The van der Waals surface area contributed by atoms with E-state index in [0.717, 1.165) is 18.9 Å². The van der Waals surface area contributed by atoms with E-state index in [1.165, 1.54) is 51.5 Å². The third-order valence-electron chi connectivity index (χ3n) is 6.83. The molecule has 0 aromatic heterocycles. The molecule has 0 aromatic rings. The molecule has 2 aliphatic carbocycles. The van der Waals surface area contributed by atoms with E-state index in [1.54, 1.807) is 0 Å². The normalized spacial score (nSPS) is 42.1. The second-order valence-electron chi connectivity index (χ2n) is 8.49. The van der Waals surface area contributed by atoms with Crippen molar-refractivity contribution in [1.29, 1.82) is 0 Å². The van der Waals surface area contributed by atoms with Gasteiger partial charge in [0.15, 0.2) is 0 Å². The molecule has 1 saturated heterocycles. The van der Waals surface area contributed by atoms with Crippen LogP contribution in [0.25, 0.3) is 0 Å². The van der Waals surface area contributed by atoms with Crippen LogP contribution in [-0.2, 0) is 4.74 Å². The molecule has 0 aromatic carbocycles. The molecule has 2 saturated carbocycles. The Hall–Kier alpha value is -0.120. The molecule has 0 radical (unpaired) electrons. The number of rotatable bonds is 5. The molecule has 3 rings (SSSR count). The van der Waals surface area contributed by atoms with Crippen LogP contribution in [0.1, 0.15) is 78.6 Å². The third kappa shape index (κ3) is 3.77. The first-order valence-corrected chi connectivity index (χ1v) is 10.2. The van der Waals surface area contributed by atoms with Gasteiger partial charge in [-0.2, -0.15) is 0 Å². The van der Waals surface area contributed by atoms with E-state index < -0.39 is 0 Å². The van der Waals surface area contributed by atoms with Crippen molar-refractivity contribution in [2.75, 3.05) is 6.54 Å². The maximum Gasteiger partial charge on any atom is 0.114 e. The molecule has 0 spiro atoms. The van der Waals surface area contributed by atoms with E-state index in [-0.39, 0.29) is 12.3 Å². The first kappa shape index (κ1) is 17.7. The van der Waals surface area contributed by atoms with Gasteiger partial charge in [0.1, 0.15) is 6.23 Å². The van der Waals surface area contributed by atoms with Crippen molar-refractivity contribution in [3.8, 4) is 0 Å². The number of aliphatic hydroxyl groups is 1. The van der Waals surface area contributed by atoms with E-state index in [1.807, 2.05) is 0 Å². The molecule has 0 amide bonds. The summed E-state index contributed by atoms with van der Waals surface area (Å²) in [5, 5.41) is 10.3. The van der Waals surface area contributed by atoms with Gasteiger partial charge >= 0.3 is 0 Å². The monoisotopic (exact) mass is 323 g/mol. The van der Waals surface area contributed by atoms with Gasteiger partial charge in [-0.1, -0.05) is 46.5 Å². The summed E-state index contributed by atoms with van der Waals surface area (Å²) in [5.41, 5.74) is 0. The molecule has 0 bridgehead atoms. The summed E-state index contributed by atoms with van der Waals surface area (Å²) in [5.74, 6) is 1.50. The Bertz CT molecular complexity index is 369. The summed E-state index contributed by atoms with van der Waals surface area (Å²) < 4.78 is 6.62. The van der Waals surface area contributed by atoms with Crippen molar-refractivity contribution < 1.29 is 9.84 Å². The standard InChI is InChI=1S/C20H37NO2/c1-4-5-11-21(16-9-7-6-8-10-16)20-15(3)17-13-18(22)14(2)12-19(17)23-20/h14-20,22H,4-13H2,1-3H3. The number of ether oxygens (including phenoxy) is 1. The van der Waals surface area contributed by atoms with Crippen molar-refractivity contribution in [3.63, 3.8) is 0 Å². The fourth-order valence-corrected chi connectivity index (χ4v) is 5.24. The van der Waals surface area contributed by atoms with Gasteiger partial charge < -0.3 is 9.84 Å². The smallest absolute Gasteiger partial charge is 0.114 e. The van der Waals surface area contributed by atoms with Gasteiger partial charge in [-0.15, -0.1) is 0 Å². The number of unbranched alkanes of at least 4 members (excludes halogenated alkanes) is 1. The molecular formula is C20H37NO2. The molecule has 3 fully saturated rings. The summed E-state index contributed by atoms with van der Waals surface area (Å²) in [7, 11) is 0. The minimum Gasteiger partial charge on any atom is -0.393 e. The van der Waals surface area contributed by atoms with Crippen molar-refractivity contribution in [2.45, 2.75) is 103 Å². The zero-order valence-corrected chi connectivity index (χ0v) is 15.4. The average molecular weight is 324 g/mol. The van der Waals surface area contributed by atoms with Crippen LogP contribution < -0.4 is 0 Å². The molecule has 1 heterocycles. The third-order valence-corrected chi connectivity index (χ3v) is 6.83.